The maximum Gasteiger partial charge on any atom is 0.289 e. The maximum atomic E-state index is 12.8. The second-order valence-corrected chi connectivity index (χ2v) is 6.45. The summed E-state index contributed by atoms with van der Waals surface area (Å²) in [5, 5.41) is 4.77. The fourth-order valence-electron chi connectivity index (χ4n) is 3.25. The minimum Gasteiger partial charge on any atom is -0.451 e. The summed E-state index contributed by atoms with van der Waals surface area (Å²) in [5.41, 5.74) is 1.59. The monoisotopic (exact) mass is 320 g/mol. The molecule has 118 valence electrons. The molecule has 0 saturated carbocycles. The first-order valence-corrected chi connectivity index (χ1v) is 8.10. The Hall–Kier alpha value is -1.52. The van der Waals surface area contributed by atoms with Crippen molar-refractivity contribution in [2.45, 2.75) is 19.8 Å². The van der Waals surface area contributed by atoms with E-state index >= 15 is 0 Å². The van der Waals surface area contributed by atoms with Gasteiger partial charge in [-0.15, -0.1) is 0 Å². The highest BCUT2D eigenvalue weighted by atomic mass is 35.5. The number of hydrogen-bond donors (Lipinski definition) is 1. The highest BCUT2D eigenvalue weighted by Crippen LogP contribution is 2.29. The second kappa shape index (κ2) is 6.31. The predicted octanol–water partition coefficient (Wildman–Crippen LogP) is 3.47. The Morgan fingerprint density at radius 1 is 1.50 bits per heavy atom. The van der Waals surface area contributed by atoms with Crippen LogP contribution in [-0.4, -0.2) is 37.5 Å². The van der Waals surface area contributed by atoms with Crippen LogP contribution in [0.25, 0.3) is 11.0 Å². The van der Waals surface area contributed by atoms with Crippen molar-refractivity contribution in [3.63, 3.8) is 0 Å². The highest BCUT2D eigenvalue weighted by Gasteiger charge is 2.28. The molecule has 0 bridgehead atoms. The van der Waals surface area contributed by atoms with Crippen LogP contribution < -0.4 is 5.32 Å². The van der Waals surface area contributed by atoms with Crippen molar-refractivity contribution in [3.05, 3.63) is 34.5 Å². The van der Waals surface area contributed by atoms with E-state index in [0.29, 0.717) is 22.3 Å². The third-order valence-corrected chi connectivity index (χ3v) is 4.63. The van der Waals surface area contributed by atoms with Gasteiger partial charge in [-0.1, -0.05) is 11.6 Å². The summed E-state index contributed by atoms with van der Waals surface area (Å²) in [5.74, 6) is 0.954. The quantitative estimate of drug-likeness (QED) is 0.942. The predicted molar refractivity (Wildman–Crippen MR) is 88.5 cm³/mol. The molecule has 1 unspecified atom stereocenters. The number of fused-ring (bicyclic) bond motifs is 1. The Balaban J connectivity index is 1.87. The van der Waals surface area contributed by atoms with E-state index in [1.165, 1.54) is 6.42 Å². The molecule has 2 aromatic rings. The zero-order chi connectivity index (χ0) is 15.7. The molecule has 0 radical (unpaired) electrons. The number of halogens is 1. The van der Waals surface area contributed by atoms with Gasteiger partial charge in [-0.05, 0) is 57.5 Å². The van der Waals surface area contributed by atoms with Crippen LogP contribution in [0.4, 0.5) is 0 Å². The number of amides is 1. The van der Waals surface area contributed by atoms with Gasteiger partial charge in [0.05, 0.1) is 0 Å². The van der Waals surface area contributed by atoms with Crippen molar-refractivity contribution in [1.29, 1.82) is 0 Å². The zero-order valence-electron chi connectivity index (χ0n) is 13.0. The summed E-state index contributed by atoms with van der Waals surface area (Å²) in [7, 11) is 1.95. The minimum atomic E-state index is -0.00868. The van der Waals surface area contributed by atoms with Crippen molar-refractivity contribution in [2.24, 2.45) is 5.92 Å². The number of aryl methyl sites for hydroxylation is 1. The Bertz CT molecular complexity index is 693. The Labute approximate surface area is 135 Å². The Morgan fingerprint density at radius 3 is 3.09 bits per heavy atom. The van der Waals surface area contributed by atoms with E-state index in [1.807, 2.05) is 31.0 Å². The number of likely N-dealkylation sites (tertiary alicyclic amines) is 1. The van der Waals surface area contributed by atoms with Crippen molar-refractivity contribution in [3.8, 4) is 0 Å². The van der Waals surface area contributed by atoms with Gasteiger partial charge in [-0.25, -0.2) is 0 Å². The number of nitrogens with zero attached hydrogens (tertiary/aromatic N) is 1. The molecule has 1 aliphatic rings. The van der Waals surface area contributed by atoms with Crippen LogP contribution in [0.5, 0.6) is 0 Å². The lowest BCUT2D eigenvalue weighted by molar-refractivity contribution is 0.0643. The van der Waals surface area contributed by atoms with Crippen molar-refractivity contribution < 1.29 is 9.21 Å². The summed E-state index contributed by atoms with van der Waals surface area (Å²) in [4.78, 5) is 14.7. The molecule has 2 heterocycles. The molecule has 1 atom stereocenters. The number of carbonyl (C=O) groups is 1. The van der Waals surface area contributed by atoms with Gasteiger partial charge < -0.3 is 14.6 Å². The molecule has 1 aromatic heterocycles. The lowest BCUT2D eigenvalue weighted by Crippen LogP contribution is -2.42. The molecule has 1 aromatic carbocycles. The number of piperidine rings is 1. The Morgan fingerprint density at radius 2 is 2.32 bits per heavy atom. The summed E-state index contributed by atoms with van der Waals surface area (Å²) >= 11 is 6.04. The van der Waals surface area contributed by atoms with Gasteiger partial charge in [0.2, 0.25) is 0 Å². The fraction of sp³-hybridized carbons (Fsp3) is 0.471. The van der Waals surface area contributed by atoms with Crippen molar-refractivity contribution >= 4 is 28.5 Å². The minimum absolute atomic E-state index is 0.00868. The second-order valence-electron chi connectivity index (χ2n) is 6.01. The molecule has 0 aliphatic carbocycles. The zero-order valence-corrected chi connectivity index (χ0v) is 13.7. The molecular weight excluding hydrogens is 300 g/mol. The highest BCUT2D eigenvalue weighted by molar-refractivity contribution is 6.31. The lowest BCUT2D eigenvalue weighted by Gasteiger charge is -2.32. The molecule has 0 spiro atoms. The van der Waals surface area contributed by atoms with Crippen LogP contribution >= 0.6 is 11.6 Å². The van der Waals surface area contributed by atoms with Crippen LogP contribution in [0.2, 0.25) is 5.02 Å². The van der Waals surface area contributed by atoms with Gasteiger partial charge in [-0.3, -0.25) is 4.79 Å². The Kier molecular flexibility index (Phi) is 4.41. The van der Waals surface area contributed by atoms with E-state index in [2.05, 4.69) is 5.32 Å². The standard InChI is InChI=1S/C17H21ClN2O2/c1-11-14-8-13(18)5-6-15(14)22-16(11)17(21)20-7-3-4-12(10-20)9-19-2/h5-6,8,12,19H,3-4,7,9-10H2,1-2H3. The number of furan rings is 1. The molecule has 4 nitrogen and oxygen atoms in total. The lowest BCUT2D eigenvalue weighted by atomic mass is 9.97. The first-order chi connectivity index (χ1) is 10.6. The number of benzene rings is 1. The van der Waals surface area contributed by atoms with E-state index in [0.717, 1.165) is 37.0 Å². The largest absolute Gasteiger partial charge is 0.451 e. The molecule has 5 heteroatoms. The first-order valence-electron chi connectivity index (χ1n) is 7.72. The molecule has 1 fully saturated rings. The fourth-order valence-corrected chi connectivity index (χ4v) is 3.42. The van der Waals surface area contributed by atoms with Crippen molar-refractivity contribution in [2.75, 3.05) is 26.7 Å². The average Bonchev–Trinajstić information content (AvgIpc) is 2.84. The van der Waals surface area contributed by atoms with E-state index in [1.54, 1.807) is 6.07 Å². The molecule has 1 N–H and O–H groups in total. The van der Waals surface area contributed by atoms with Crippen LogP contribution in [0.1, 0.15) is 29.0 Å². The molecule has 22 heavy (non-hydrogen) atoms. The molecule has 3 rings (SSSR count). The number of carbonyl (C=O) groups excluding carboxylic acids is 1. The first kappa shape index (κ1) is 15.4. The summed E-state index contributed by atoms with van der Waals surface area (Å²) in [6.07, 6.45) is 2.21. The van der Waals surface area contributed by atoms with Crippen LogP contribution in [0, 0.1) is 12.8 Å². The topological polar surface area (TPSA) is 45.5 Å². The van der Waals surface area contributed by atoms with Gasteiger partial charge in [0, 0.05) is 29.1 Å². The number of nitrogens with one attached hydrogen (secondary N) is 1. The third kappa shape index (κ3) is 2.85. The van der Waals surface area contributed by atoms with Crippen LogP contribution in [0.15, 0.2) is 22.6 Å². The van der Waals surface area contributed by atoms with E-state index < -0.39 is 0 Å². The summed E-state index contributed by atoms with van der Waals surface area (Å²) in [6.45, 7) is 4.45. The third-order valence-electron chi connectivity index (χ3n) is 4.39. The molecule has 1 aliphatic heterocycles. The van der Waals surface area contributed by atoms with E-state index in [9.17, 15) is 4.79 Å². The van der Waals surface area contributed by atoms with Gasteiger partial charge in [-0.2, -0.15) is 0 Å². The van der Waals surface area contributed by atoms with Gasteiger partial charge >= 0.3 is 0 Å². The van der Waals surface area contributed by atoms with Gasteiger partial charge in [0.15, 0.2) is 5.76 Å². The smallest absolute Gasteiger partial charge is 0.289 e. The van der Waals surface area contributed by atoms with Crippen LogP contribution in [-0.2, 0) is 0 Å². The number of rotatable bonds is 3. The summed E-state index contributed by atoms with van der Waals surface area (Å²) in [6, 6.07) is 5.46. The normalized spacial score (nSPS) is 18.9. The molecular formula is C17H21ClN2O2. The average molecular weight is 321 g/mol. The van der Waals surface area contributed by atoms with Crippen molar-refractivity contribution in [1.82, 2.24) is 10.2 Å². The summed E-state index contributed by atoms with van der Waals surface area (Å²) < 4.78 is 5.80. The van der Waals surface area contributed by atoms with Gasteiger partial charge in [0.1, 0.15) is 5.58 Å². The van der Waals surface area contributed by atoms with Crippen LogP contribution in [0.3, 0.4) is 0 Å². The van der Waals surface area contributed by atoms with E-state index in [4.69, 9.17) is 16.0 Å². The SMILES string of the molecule is CNCC1CCCN(C(=O)c2oc3ccc(Cl)cc3c2C)C1. The molecule has 1 amide bonds. The number of hydrogen-bond acceptors (Lipinski definition) is 3. The van der Waals surface area contributed by atoms with Gasteiger partial charge in [0.25, 0.3) is 5.91 Å². The van der Waals surface area contributed by atoms with E-state index in [-0.39, 0.29) is 5.91 Å². The maximum absolute atomic E-state index is 12.8. The molecule has 1 saturated heterocycles.